The predicted octanol–water partition coefficient (Wildman–Crippen LogP) is 0.486. The van der Waals surface area contributed by atoms with Crippen LogP contribution in [0.3, 0.4) is 0 Å². The number of amides is 1. The van der Waals surface area contributed by atoms with Gasteiger partial charge in [0, 0.05) is 19.5 Å². The molecule has 92 valence electrons. The lowest BCUT2D eigenvalue weighted by Gasteiger charge is -2.18. The molecule has 0 saturated carbocycles. The highest BCUT2D eigenvalue weighted by molar-refractivity contribution is 5.78. The van der Waals surface area contributed by atoms with Crippen LogP contribution in [0.5, 0.6) is 0 Å². The maximum absolute atomic E-state index is 11.8. The number of aliphatic hydroxyl groups is 1. The lowest BCUT2D eigenvalue weighted by atomic mass is 10.1. The molecule has 1 saturated heterocycles. The lowest BCUT2D eigenvalue weighted by molar-refractivity contribution is -0.128. The molecule has 0 aliphatic carbocycles. The van der Waals surface area contributed by atoms with Crippen LogP contribution in [-0.4, -0.2) is 29.0 Å². The van der Waals surface area contributed by atoms with E-state index in [1.807, 2.05) is 29.2 Å². The van der Waals surface area contributed by atoms with Crippen molar-refractivity contribution in [2.75, 3.05) is 13.1 Å². The molecule has 1 aromatic rings. The summed E-state index contributed by atoms with van der Waals surface area (Å²) in [4.78, 5) is 13.6. The van der Waals surface area contributed by atoms with Crippen molar-refractivity contribution in [2.24, 2.45) is 11.7 Å². The number of benzene rings is 1. The Balaban J connectivity index is 2.08. The molecular weight excluding hydrogens is 216 g/mol. The van der Waals surface area contributed by atoms with Crippen molar-refractivity contribution in [2.45, 2.75) is 19.6 Å². The molecule has 3 N–H and O–H groups in total. The molecule has 1 amide bonds. The fourth-order valence-electron chi connectivity index (χ4n) is 2.24. The second-order valence-electron chi connectivity index (χ2n) is 4.51. The number of likely N-dealkylation sites (tertiary alicyclic amines) is 1. The highest BCUT2D eigenvalue weighted by Gasteiger charge is 2.28. The Morgan fingerprint density at radius 2 is 2.06 bits per heavy atom. The Labute approximate surface area is 101 Å². The van der Waals surface area contributed by atoms with Gasteiger partial charge in [-0.2, -0.15) is 0 Å². The molecule has 1 aliphatic rings. The van der Waals surface area contributed by atoms with Crippen molar-refractivity contribution in [3.05, 3.63) is 35.4 Å². The lowest BCUT2D eigenvalue weighted by Crippen LogP contribution is -2.26. The Morgan fingerprint density at radius 1 is 1.35 bits per heavy atom. The first-order chi connectivity index (χ1) is 8.24. The molecular formula is C13H18N2O2. The van der Waals surface area contributed by atoms with Gasteiger partial charge in [0.25, 0.3) is 0 Å². The first kappa shape index (κ1) is 12.1. The van der Waals surface area contributed by atoms with Gasteiger partial charge in [-0.15, -0.1) is 0 Å². The number of nitrogens with two attached hydrogens (primary N) is 1. The van der Waals surface area contributed by atoms with Crippen molar-refractivity contribution >= 4 is 5.91 Å². The van der Waals surface area contributed by atoms with Gasteiger partial charge in [-0.1, -0.05) is 24.3 Å². The molecule has 1 unspecified atom stereocenters. The SMILES string of the molecule is NCC1CC(=O)N(Cc2ccccc2CO)C1. The van der Waals surface area contributed by atoms with Crippen LogP contribution in [0, 0.1) is 5.92 Å². The van der Waals surface area contributed by atoms with E-state index in [9.17, 15) is 9.90 Å². The summed E-state index contributed by atoms with van der Waals surface area (Å²) < 4.78 is 0. The predicted molar refractivity (Wildman–Crippen MR) is 64.9 cm³/mol. The normalized spacial score (nSPS) is 20.0. The summed E-state index contributed by atoms with van der Waals surface area (Å²) in [5.41, 5.74) is 7.49. The van der Waals surface area contributed by atoms with Crippen molar-refractivity contribution < 1.29 is 9.90 Å². The first-order valence-corrected chi connectivity index (χ1v) is 5.90. The van der Waals surface area contributed by atoms with Gasteiger partial charge >= 0.3 is 0 Å². The summed E-state index contributed by atoms with van der Waals surface area (Å²) in [6.07, 6.45) is 0.553. The van der Waals surface area contributed by atoms with Crippen molar-refractivity contribution in [3.63, 3.8) is 0 Å². The minimum absolute atomic E-state index is 0.0124. The van der Waals surface area contributed by atoms with Crippen molar-refractivity contribution in [1.29, 1.82) is 0 Å². The molecule has 17 heavy (non-hydrogen) atoms. The van der Waals surface area contributed by atoms with Gasteiger partial charge < -0.3 is 15.7 Å². The fourth-order valence-corrected chi connectivity index (χ4v) is 2.24. The van der Waals surface area contributed by atoms with Crippen LogP contribution >= 0.6 is 0 Å². The van der Waals surface area contributed by atoms with Crippen LogP contribution in [0.1, 0.15) is 17.5 Å². The third-order valence-corrected chi connectivity index (χ3v) is 3.28. The number of carbonyl (C=O) groups is 1. The molecule has 4 nitrogen and oxygen atoms in total. The maximum atomic E-state index is 11.8. The number of nitrogens with zero attached hydrogens (tertiary/aromatic N) is 1. The molecule has 0 radical (unpaired) electrons. The Bertz CT molecular complexity index is 406. The van der Waals surface area contributed by atoms with E-state index in [4.69, 9.17) is 5.73 Å². The Morgan fingerprint density at radius 3 is 2.65 bits per heavy atom. The summed E-state index contributed by atoms with van der Waals surface area (Å²) in [5.74, 6) is 0.442. The van der Waals surface area contributed by atoms with Gasteiger partial charge in [0.05, 0.1) is 6.61 Å². The molecule has 1 heterocycles. The van der Waals surface area contributed by atoms with Gasteiger partial charge in [0.1, 0.15) is 0 Å². The third-order valence-electron chi connectivity index (χ3n) is 3.28. The van der Waals surface area contributed by atoms with Crippen LogP contribution in [-0.2, 0) is 17.9 Å². The Kier molecular flexibility index (Phi) is 3.76. The molecule has 1 atom stereocenters. The highest BCUT2D eigenvalue weighted by Crippen LogP contribution is 2.20. The molecule has 0 spiro atoms. The molecule has 0 aromatic heterocycles. The number of carbonyl (C=O) groups excluding carboxylic acids is 1. The first-order valence-electron chi connectivity index (χ1n) is 5.90. The van der Waals surface area contributed by atoms with E-state index in [1.165, 1.54) is 0 Å². The molecule has 1 fully saturated rings. The minimum atomic E-state index is 0.0124. The maximum Gasteiger partial charge on any atom is 0.223 e. The number of aliphatic hydroxyl groups excluding tert-OH is 1. The zero-order valence-corrected chi connectivity index (χ0v) is 9.80. The second kappa shape index (κ2) is 5.29. The van der Waals surface area contributed by atoms with Crippen LogP contribution < -0.4 is 5.73 Å². The highest BCUT2D eigenvalue weighted by atomic mass is 16.3. The van der Waals surface area contributed by atoms with Gasteiger partial charge in [-0.25, -0.2) is 0 Å². The molecule has 1 aliphatic heterocycles. The fraction of sp³-hybridized carbons (Fsp3) is 0.462. The summed E-state index contributed by atoms with van der Waals surface area (Å²) in [5, 5.41) is 9.23. The minimum Gasteiger partial charge on any atom is -0.392 e. The van der Waals surface area contributed by atoms with E-state index in [1.54, 1.807) is 0 Å². The number of hydrogen-bond acceptors (Lipinski definition) is 3. The molecule has 2 rings (SSSR count). The standard InChI is InChI=1S/C13H18N2O2/c14-6-10-5-13(17)15(7-10)8-11-3-1-2-4-12(11)9-16/h1-4,10,16H,5-9,14H2. The zero-order chi connectivity index (χ0) is 12.3. The molecule has 4 heteroatoms. The van der Waals surface area contributed by atoms with Crippen molar-refractivity contribution in [1.82, 2.24) is 4.90 Å². The van der Waals surface area contributed by atoms with Crippen LogP contribution in [0.15, 0.2) is 24.3 Å². The zero-order valence-electron chi connectivity index (χ0n) is 9.80. The van der Waals surface area contributed by atoms with E-state index >= 15 is 0 Å². The summed E-state index contributed by atoms with van der Waals surface area (Å²) >= 11 is 0. The second-order valence-corrected chi connectivity index (χ2v) is 4.51. The van der Waals surface area contributed by atoms with Gasteiger partial charge in [-0.05, 0) is 23.6 Å². The molecule has 0 bridgehead atoms. The van der Waals surface area contributed by atoms with Gasteiger partial charge in [0.15, 0.2) is 0 Å². The number of hydrogen-bond donors (Lipinski definition) is 2. The summed E-state index contributed by atoms with van der Waals surface area (Å²) in [6, 6.07) is 7.66. The van der Waals surface area contributed by atoms with E-state index in [-0.39, 0.29) is 18.4 Å². The molecule has 1 aromatic carbocycles. The third kappa shape index (κ3) is 2.65. The van der Waals surface area contributed by atoms with Crippen LogP contribution in [0.25, 0.3) is 0 Å². The van der Waals surface area contributed by atoms with E-state index < -0.39 is 0 Å². The van der Waals surface area contributed by atoms with E-state index in [0.29, 0.717) is 19.5 Å². The topological polar surface area (TPSA) is 66.6 Å². The van der Waals surface area contributed by atoms with Crippen LogP contribution in [0.2, 0.25) is 0 Å². The quantitative estimate of drug-likeness (QED) is 0.796. The van der Waals surface area contributed by atoms with Crippen molar-refractivity contribution in [3.8, 4) is 0 Å². The average molecular weight is 234 g/mol. The number of rotatable bonds is 4. The van der Waals surface area contributed by atoms with Gasteiger partial charge in [-0.3, -0.25) is 4.79 Å². The Hall–Kier alpha value is -1.39. The smallest absolute Gasteiger partial charge is 0.223 e. The van der Waals surface area contributed by atoms with Gasteiger partial charge in [0.2, 0.25) is 5.91 Å². The van der Waals surface area contributed by atoms with E-state index in [2.05, 4.69) is 0 Å². The monoisotopic (exact) mass is 234 g/mol. The van der Waals surface area contributed by atoms with E-state index in [0.717, 1.165) is 17.7 Å². The summed E-state index contributed by atoms with van der Waals surface area (Å²) in [6.45, 7) is 1.88. The average Bonchev–Trinajstić information content (AvgIpc) is 2.71. The largest absolute Gasteiger partial charge is 0.392 e. The van der Waals surface area contributed by atoms with Crippen LogP contribution in [0.4, 0.5) is 0 Å². The summed E-state index contributed by atoms with van der Waals surface area (Å²) in [7, 11) is 0.